The number of Topliss-reactive ketones (excluding diaryl/α,β-unsaturated/α-hetero) is 1. The Morgan fingerprint density at radius 1 is 1.03 bits per heavy atom. The molecule has 5 rings (SSSR count). The van der Waals surface area contributed by atoms with Crippen molar-refractivity contribution < 1.29 is 76.1 Å². The third-order valence-electron chi connectivity index (χ3n) is 12.4. The molecule has 1 heterocycles. The Morgan fingerprint density at radius 3 is 2.21 bits per heavy atom. The van der Waals surface area contributed by atoms with E-state index in [2.05, 4.69) is 5.32 Å². The van der Waals surface area contributed by atoms with Crippen LogP contribution in [0.4, 0.5) is 13.6 Å². The van der Waals surface area contributed by atoms with Crippen LogP contribution in [-0.2, 0) is 47.5 Å². The highest BCUT2D eigenvalue weighted by Crippen LogP contribution is 2.65. The number of fused-ring (bicyclic) bond motifs is 5. The van der Waals surface area contributed by atoms with Crippen molar-refractivity contribution in [3.05, 3.63) is 59.2 Å². The van der Waals surface area contributed by atoms with Crippen LogP contribution in [0.25, 0.3) is 0 Å². The molecule has 0 aromatic heterocycles. The van der Waals surface area contributed by atoms with Gasteiger partial charge in [-0.2, -0.15) is 8.78 Å². The lowest BCUT2D eigenvalue weighted by Gasteiger charge is -2.68. The van der Waals surface area contributed by atoms with Gasteiger partial charge in [-0.05, 0) is 70.4 Å². The first-order chi connectivity index (χ1) is 28.9. The fourth-order valence-electron chi connectivity index (χ4n) is 9.55. The zero-order valence-corrected chi connectivity index (χ0v) is 38.1. The molecule has 3 N–H and O–H groups in total. The molecule has 62 heavy (non-hydrogen) atoms. The van der Waals surface area contributed by atoms with E-state index in [1.165, 1.54) is 63.4 Å². The molecule has 0 spiro atoms. The van der Waals surface area contributed by atoms with Gasteiger partial charge in [0.15, 0.2) is 17.5 Å². The van der Waals surface area contributed by atoms with Crippen LogP contribution in [0.3, 0.4) is 0 Å². The molecule has 4 aliphatic rings. The predicted molar refractivity (Wildman–Crippen MR) is 223 cm³/mol. The third-order valence-corrected chi connectivity index (χ3v) is 13.2. The van der Waals surface area contributed by atoms with Crippen LogP contribution in [-0.4, -0.2) is 130 Å². The Balaban J connectivity index is 1.76. The number of ketones is 1. The Kier molecular flexibility index (Phi) is 15.0. The molecule has 15 nitrogen and oxygen atoms in total. The van der Waals surface area contributed by atoms with Crippen molar-refractivity contribution in [3.8, 4) is 0 Å². The maximum Gasteiger partial charge on any atom is 0.408 e. The van der Waals surface area contributed by atoms with Crippen LogP contribution in [0.5, 0.6) is 0 Å². The summed E-state index contributed by atoms with van der Waals surface area (Å²) in [7, 11) is 0. The molecule has 19 heteroatoms. The van der Waals surface area contributed by atoms with E-state index in [1.54, 1.807) is 52.1 Å². The zero-order valence-electron chi connectivity index (χ0n) is 36.5. The number of thioether (sulfide) groups is 2. The number of alkyl carbamates (subject to hydrolysis) is 1. The smallest absolute Gasteiger partial charge is 0.408 e. The van der Waals surface area contributed by atoms with E-state index < -0.39 is 119 Å². The molecule has 0 radical (unpaired) electrons. The summed E-state index contributed by atoms with van der Waals surface area (Å²) in [6, 6.07) is 5.87. The molecule has 2 bridgehead atoms. The van der Waals surface area contributed by atoms with Crippen molar-refractivity contribution in [3.63, 3.8) is 0 Å². The van der Waals surface area contributed by atoms with Crippen molar-refractivity contribution >= 4 is 53.3 Å². The minimum absolute atomic E-state index is 0.0334. The average Bonchev–Trinajstić information content (AvgIpc) is 3.17. The van der Waals surface area contributed by atoms with Gasteiger partial charge >= 0.3 is 24.0 Å². The number of aliphatic hydroxyl groups is 2. The number of hydrogen-bond acceptors (Lipinski definition) is 16. The summed E-state index contributed by atoms with van der Waals surface area (Å²) in [5, 5.41) is 27.0. The normalized spacial score (nSPS) is 32.3. The number of halogens is 2. The number of ether oxygens (including phenoxy) is 7. The number of rotatable bonds is 14. The first-order valence-corrected chi connectivity index (χ1v) is 22.8. The molecule has 1 amide bonds. The molecule has 1 saturated heterocycles. The molecule has 1 aliphatic heterocycles. The van der Waals surface area contributed by atoms with Crippen LogP contribution in [0, 0.1) is 16.7 Å². The molecule has 11 atom stereocenters. The van der Waals surface area contributed by atoms with Gasteiger partial charge in [0.25, 0.3) is 6.08 Å². The van der Waals surface area contributed by atoms with E-state index in [0.717, 1.165) is 0 Å². The van der Waals surface area contributed by atoms with Gasteiger partial charge in [0.2, 0.25) is 0 Å². The summed E-state index contributed by atoms with van der Waals surface area (Å²) in [6.45, 7) is 11.9. The number of hydrogen-bond donors (Lipinski definition) is 3. The molecule has 1 aromatic carbocycles. The SMILES string of the molecule is CSCO[C@H]1C(=O)[C@]2(C)[C@@H](OCSC)C[C@H]3OC[C@@]3(OC(C)=O)[C@H]2[C@H](OC(=O)c2ccccc2)[C@]2(O)C[C@H](OC(=O)[C@H](O)[C@H](C=C(F)F)NC(=O)OC(C)(C)C)C(C)=C1C2(C)C. The Bertz CT molecular complexity index is 1940. The van der Waals surface area contributed by atoms with Crippen molar-refractivity contribution in [2.45, 2.75) is 128 Å². The molecule has 344 valence electrons. The summed E-state index contributed by atoms with van der Waals surface area (Å²) < 4.78 is 70.1. The highest BCUT2D eigenvalue weighted by atomic mass is 32.2. The second-order valence-corrected chi connectivity index (χ2v) is 19.4. The summed E-state index contributed by atoms with van der Waals surface area (Å²) in [5.41, 5.74) is -7.94. The topological polar surface area (TPSA) is 202 Å². The summed E-state index contributed by atoms with van der Waals surface area (Å²) in [4.78, 5) is 69.9. The lowest BCUT2D eigenvalue weighted by molar-refractivity contribution is -0.347. The van der Waals surface area contributed by atoms with Gasteiger partial charge in [0.05, 0.1) is 47.5 Å². The van der Waals surface area contributed by atoms with Crippen LogP contribution in [0.2, 0.25) is 0 Å². The highest BCUT2D eigenvalue weighted by molar-refractivity contribution is 7.98. The van der Waals surface area contributed by atoms with Crippen molar-refractivity contribution in [1.29, 1.82) is 0 Å². The van der Waals surface area contributed by atoms with Gasteiger partial charge < -0.3 is 48.7 Å². The van der Waals surface area contributed by atoms with Gasteiger partial charge in [-0.25, -0.2) is 14.4 Å². The van der Waals surface area contributed by atoms with E-state index in [9.17, 15) is 38.2 Å². The Labute approximate surface area is 368 Å². The van der Waals surface area contributed by atoms with E-state index in [0.29, 0.717) is 0 Å². The summed E-state index contributed by atoms with van der Waals surface area (Å²) in [5.74, 6) is -5.00. The number of aliphatic hydroxyl groups excluding tert-OH is 1. The standard InChI is InChI=1S/C43H57F2NO14S2/c1-22-26(57-37(51)31(48)25(16-29(44)45)46-38(52)60-39(3,4)5)18-43(53)35(58-36(50)24-14-12-11-13-15-24)33-41(8,34(49)32(56-21-62-10)30(22)40(43,6)7)27(55-20-61-9)17-28-42(33,19-54-28)59-23(2)47/h11-16,25-28,31-33,35,48,53H,17-21H2,1-10H3,(H,46,52)/t25-,26-,27-,28+,31+,32+,33-,35-,41+,42-,43+/m0/s1. The second-order valence-electron chi connectivity index (χ2n) is 17.8. The van der Waals surface area contributed by atoms with Crippen molar-refractivity contribution in [1.82, 2.24) is 5.32 Å². The molecule has 1 aromatic rings. The number of amides is 1. The molecule has 3 aliphatic carbocycles. The predicted octanol–water partition coefficient (Wildman–Crippen LogP) is 5.36. The van der Waals surface area contributed by atoms with Crippen molar-refractivity contribution in [2.24, 2.45) is 16.7 Å². The summed E-state index contributed by atoms with van der Waals surface area (Å²) >= 11 is 2.61. The first kappa shape index (κ1) is 49.4. The largest absolute Gasteiger partial charge is 0.456 e. The highest BCUT2D eigenvalue weighted by Gasteiger charge is 2.78. The molecular weight excluding hydrogens is 857 g/mol. The van der Waals surface area contributed by atoms with Gasteiger partial charge in [-0.1, -0.05) is 32.0 Å². The number of esters is 3. The van der Waals surface area contributed by atoms with Crippen molar-refractivity contribution in [2.75, 3.05) is 31.0 Å². The number of carbonyl (C=O) groups excluding carboxylic acids is 5. The fourth-order valence-corrected chi connectivity index (χ4v) is 10.1. The van der Waals surface area contributed by atoms with Gasteiger partial charge in [0, 0.05) is 31.3 Å². The molecule has 3 fully saturated rings. The molecular formula is C43H57F2NO14S2. The summed E-state index contributed by atoms with van der Waals surface area (Å²) in [6.07, 6.45) is -9.40. The lowest BCUT2D eigenvalue weighted by atomic mass is 9.44. The maximum atomic E-state index is 15.9. The van der Waals surface area contributed by atoms with E-state index in [-0.39, 0.29) is 47.7 Å². The second kappa shape index (κ2) is 18.9. The first-order valence-electron chi connectivity index (χ1n) is 20.1. The molecule has 2 saturated carbocycles. The minimum atomic E-state index is -2.44. The molecule has 0 unspecified atom stereocenters. The zero-order chi connectivity index (χ0) is 46.2. The quantitative estimate of drug-likeness (QED) is 0.0932. The Morgan fingerprint density at radius 2 is 1.66 bits per heavy atom. The maximum absolute atomic E-state index is 15.9. The van der Waals surface area contributed by atoms with E-state index in [4.69, 9.17) is 33.2 Å². The Hall–Kier alpha value is -3.59. The monoisotopic (exact) mass is 913 g/mol. The fraction of sp³-hybridized carbons (Fsp3) is 0.651. The number of nitrogens with one attached hydrogen (secondary N) is 1. The number of carbonyl (C=O) groups is 5. The number of benzene rings is 1. The van der Waals surface area contributed by atoms with E-state index >= 15 is 4.79 Å². The van der Waals surface area contributed by atoms with Gasteiger partial charge in [-0.15, -0.1) is 23.5 Å². The van der Waals surface area contributed by atoms with Crippen LogP contribution >= 0.6 is 23.5 Å². The van der Waals surface area contributed by atoms with E-state index in [1.807, 2.05) is 6.26 Å². The lowest BCUT2D eigenvalue weighted by Crippen LogP contribution is -2.82. The van der Waals surface area contributed by atoms with Gasteiger partial charge in [0.1, 0.15) is 35.6 Å². The van der Waals surface area contributed by atoms with Crippen LogP contribution in [0.15, 0.2) is 53.6 Å². The van der Waals surface area contributed by atoms with Gasteiger partial charge in [-0.3, -0.25) is 9.59 Å². The van der Waals surface area contributed by atoms with Crippen LogP contribution < -0.4 is 5.32 Å². The van der Waals surface area contributed by atoms with Crippen LogP contribution in [0.1, 0.15) is 78.6 Å². The third kappa shape index (κ3) is 9.31. The average molecular weight is 914 g/mol. The minimum Gasteiger partial charge on any atom is -0.456 e.